The molecule has 0 aromatic heterocycles. The Morgan fingerprint density at radius 1 is 0.846 bits per heavy atom. The van der Waals surface area contributed by atoms with Crippen molar-refractivity contribution in [1.82, 2.24) is 16.0 Å². The van der Waals surface area contributed by atoms with E-state index in [0.29, 0.717) is 0 Å². The molecular formula is C15H28N4O7. The van der Waals surface area contributed by atoms with Crippen molar-refractivity contribution < 1.29 is 34.5 Å². The normalized spacial score (nSPS) is 16.8. The van der Waals surface area contributed by atoms with Crippen LogP contribution >= 0.6 is 0 Å². The topological polar surface area (TPSA) is 191 Å². The maximum absolute atomic E-state index is 12.4. The van der Waals surface area contributed by atoms with Crippen LogP contribution in [0.3, 0.4) is 0 Å². The third-order valence-corrected chi connectivity index (χ3v) is 3.55. The Kier molecular flexibility index (Phi) is 9.76. The summed E-state index contributed by atoms with van der Waals surface area (Å²) in [6.45, 7) is 5.18. The van der Waals surface area contributed by atoms with Crippen LogP contribution < -0.4 is 21.7 Å². The van der Waals surface area contributed by atoms with E-state index in [9.17, 15) is 29.4 Å². The average Bonchev–Trinajstić information content (AvgIpc) is 2.53. The molecule has 0 aromatic carbocycles. The first-order chi connectivity index (χ1) is 11.9. The molecule has 150 valence electrons. The second kappa shape index (κ2) is 10.7. The zero-order valence-electron chi connectivity index (χ0n) is 15.2. The highest BCUT2D eigenvalue weighted by Gasteiger charge is 2.32. The van der Waals surface area contributed by atoms with Crippen molar-refractivity contribution in [2.24, 2.45) is 11.7 Å². The predicted octanol–water partition coefficient (Wildman–Crippen LogP) is -3.10. The summed E-state index contributed by atoms with van der Waals surface area (Å²) in [4.78, 5) is 46.9. The molecule has 0 bridgehead atoms. The second-order valence-corrected chi connectivity index (χ2v) is 6.34. The van der Waals surface area contributed by atoms with E-state index in [1.807, 2.05) is 0 Å². The van der Waals surface area contributed by atoms with Crippen molar-refractivity contribution in [3.8, 4) is 0 Å². The van der Waals surface area contributed by atoms with Crippen molar-refractivity contribution >= 4 is 23.7 Å². The van der Waals surface area contributed by atoms with E-state index < -0.39 is 66.5 Å². The molecule has 0 spiro atoms. The first-order valence-electron chi connectivity index (χ1n) is 8.10. The van der Waals surface area contributed by atoms with Crippen LogP contribution in [0.15, 0.2) is 0 Å². The van der Waals surface area contributed by atoms with Gasteiger partial charge in [0.05, 0.1) is 12.2 Å². The summed E-state index contributed by atoms with van der Waals surface area (Å²) in [5, 5.41) is 34.4. The van der Waals surface area contributed by atoms with Crippen LogP contribution in [0, 0.1) is 5.92 Å². The molecule has 0 aliphatic rings. The lowest BCUT2D eigenvalue weighted by Gasteiger charge is -2.27. The monoisotopic (exact) mass is 376 g/mol. The molecule has 0 aliphatic carbocycles. The van der Waals surface area contributed by atoms with E-state index in [1.165, 1.54) is 13.8 Å². The van der Waals surface area contributed by atoms with E-state index in [1.54, 1.807) is 13.8 Å². The molecule has 5 atom stereocenters. The molecule has 26 heavy (non-hydrogen) atoms. The SMILES string of the molecule is CC(C)C(NC(=O)C(N)C(C)O)C(=O)NC(C(=O)NCC(=O)O)C(C)O. The summed E-state index contributed by atoms with van der Waals surface area (Å²) in [5.74, 6) is -4.07. The van der Waals surface area contributed by atoms with Crippen molar-refractivity contribution in [2.45, 2.75) is 58.0 Å². The van der Waals surface area contributed by atoms with Crippen LogP contribution in [0.25, 0.3) is 0 Å². The minimum absolute atomic E-state index is 0.392. The molecule has 0 saturated carbocycles. The average molecular weight is 376 g/mol. The quantitative estimate of drug-likeness (QED) is 0.208. The van der Waals surface area contributed by atoms with Crippen molar-refractivity contribution in [1.29, 1.82) is 0 Å². The molecule has 11 nitrogen and oxygen atoms in total. The lowest BCUT2D eigenvalue weighted by Crippen LogP contribution is -2.60. The summed E-state index contributed by atoms with van der Waals surface area (Å²) < 4.78 is 0. The minimum atomic E-state index is -1.41. The van der Waals surface area contributed by atoms with Gasteiger partial charge < -0.3 is 37.0 Å². The van der Waals surface area contributed by atoms with Gasteiger partial charge in [0.15, 0.2) is 0 Å². The van der Waals surface area contributed by atoms with Crippen molar-refractivity contribution in [3.63, 3.8) is 0 Å². The van der Waals surface area contributed by atoms with Gasteiger partial charge in [-0.3, -0.25) is 19.2 Å². The van der Waals surface area contributed by atoms with Gasteiger partial charge in [0.1, 0.15) is 24.7 Å². The summed E-state index contributed by atoms with van der Waals surface area (Å²) in [6.07, 6.45) is -2.44. The van der Waals surface area contributed by atoms with Gasteiger partial charge in [0.2, 0.25) is 17.7 Å². The third-order valence-electron chi connectivity index (χ3n) is 3.55. The van der Waals surface area contributed by atoms with E-state index in [2.05, 4.69) is 16.0 Å². The number of carboxylic acid groups (broad SMARTS) is 1. The molecule has 0 radical (unpaired) electrons. The Bertz CT molecular complexity index is 522. The van der Waals surface area contributed by atoms with Gasteiger partial charge in [-0.1, -0.05) is 13.8 Å². The molecule has 3 amide bonds. The zero-order chi connectivity index (χ0) is 20.6. The molecular weight excluding hydrogens is 348 g/mol. The summed E-state index contributed by atoms with van der Waals surface area (Å²) in [6, 6.07) is -3.73. The maximum Gasteiger partial charge on any atom is 0.322 e. The molecule has 0 rings (SSSR count). The van der Waals surface area contributed by atoms with Gasteiger partial charge in [0.25, 0.3) is 0 Å². The number of hydrogen-bond acceptors (Lipinski definition) is 7. The van der Waals surface area contributed by atoms with Gasteiger partial charge >= 0.3 is 5.97 Å². The fourth-order valence-electron chi connectivity index (χ4n) is 1.92. The van der Waals surface area contributed by atoms with Gasteiger partial charge in [-0.2, -0.15) is 0 Å². The van der Waals surface area contributed by atoms with Gasteiger partial charge in [-0.05, 0) is 19.8 Å². The maximum atomic E-state index is 12.4. The molecule has 0 heterocycles. The number of hydrogen-bond donors (Lipinski definition) is 7. The standard InChI is InChI=1S/C15H28N4O7/c1-6(2)11(18-13(24)10(16)7(3)20)15(26)19-12(8(4)21)14(25)17-5-9(22)23/h6-8,10-12,20-21H,5,16H2,1-4H3,(H,17,25)(H,18,24)(H,19,26)(H,22,23). The minimum Gasteiger partial charge on any atom is -0.480 e. The van der Waals surface area contributed by atoms with E-state index in [0.717, 1.165) is 0 Å². The molecule has 0 aliphatic heterocycles. The van der Waals surface area contributed by atoms with Crippen LogP contribution in [0.1, 0.15) is 27.7 Å². The third kappa shape index (κ3) is 7.76. The van der Waals surface area contributed by atoms with Crippen LogP contribution in [0.4, 0.5) is 0 Å². The Balaban J connectivity index is 5.12. The van der Waals surface area contributed by atoms with Crippen LogP contribution in [0.2, 0.25) is 0 Å². The lowest BCUT2D eigenvalue weighted by molar-refractivity contribution is -0.139. The van der Waals surface area contributed by atoms with Crippen molar-refractivity contribution in [2.75, 3.05) is 6.54 Å². The number of carbonyl (C=O) groups is 4. The number of aliphatic hydroxyl groups is 2. The molecule has 11 heteroatoms. The number of amides is 3. The largest absolute Gasteiger partial charge is 0.480 e. The van der Waals surface area contributed by atoms with E-state index in [4.69, 9.17) is 10.8 Å². The molecule has 0 fully saturated rings. The first-order valence-corrected chi connectivity index (χ1v) is 8.10. The number of nitrogens with one attached hydrogen (secondary N) is 3. The van der Waals surface area contributed by atoms with Gasteiger partial charge in [-0.25, -0.2) is 0 Å². The second-order valence-electron chi connectivity index (χ2n) is 6.34. The van der Waals surface area contributed by atoms with Crippen LogP contribution in [-0.4, -0.2) is 75.9 Å². The molecule has 8 N–H and O–H groups in total. The summed E-state index contributed by atoms with van der Waals surface area (Å²) in [5.41, 5.74) is 5.52. The molecule has 0 aromatic rings. The smallest absolute Gasteiger partial charge is 0.322 e. The Morgan fingerprint density at radius 3 is 1.73 bits per heavy atom. The Morgan fingerprint density at radius 2 is 1.35 bits per heavy atom. The van der Waals surface area contributed by atoms with Crippen molar-refractivity contribution in [3.05, 3.63) is 0 Å². The lowest BCUT2D eigenvalue weighted by atomic mass is 10.0. The van der Waals surface area contributed by atoms with E-state index in [-0.39, 0.29) is 0 Å². The number of nitrogens with two attached hydrogens (primary N) is 1. The number of aliphatic carboxylic acids is 1. The molecule has 0 saturated heterocycles. The van der Waals surface area contributed by atoms with Gasteiger partial charge in [0, 0.05) is 0 Å². The van der Waals surface area contributed by atoms with E-state index >= 15 is 0 Å². The Labute approximate surface area is 151 Å². The van der Waals surface area contributed by atoms with Gasteiger partial charge in [-0.15, -0.1) is 0 Å². The fourth-order valence-corrected chi connectivity index (χ4v) is 1.92. The highest BCUT2D eigenvalue weighted by Crippen LogP contribution is 2.05. The number of aliphatic hydroxyl groups excluding tert-OH is 2. The van der Waals surface area contributed by atoms with Crippen LogP contribution in [-0.2, 0) is 19.2 Å². The highest BCUT2D eigenvalue weighted by atomic mass is 16.4. The highest BCUT2D eigenvalue weighted by molar-refractivity contribution is 5.94. The zero-order valence-corrected chi connectivity index (χ0v) is 15.2. The molecule has 5 unspecified atom stereocenters. The summed E-state index contributed by atoms with van der Waals surface area (Å²) >= 11 is 0. The summed E-state index contributed by atoms with van der Waals surface area (Å²) in [7, 11) is 0. The van der Waals surface area contributed by atoms with Crippen LogP contribution in [0.5, 0.6) is 0 Å². The first kappa shape index (κ1) is 23.8. The number of carboxylic acids is 1. The fraction of sp³-hybridized carbons (Fsp3) is 0.733. The Hall–Kier alpha value is -2.24. The predicted molar refractivity (Wildman–Crippen MR) is 90.7 cm³/mol. The number of carbonyl (C=O) groups excluding carboxylic acids is 3. The number of rotatable bonds is 10.